The standard InChI is InChI=1S/C35H26N2/c1-5-13-27(14-6-1)30-25-34(28-15-7-2-8-16-28)36-35(26-30)29-21-23-33(24-22-29)37(31-17-9-3-10-18-31)32-19-11-4-12-20-32/h1-26H. The van der Waals surface area contributed by atoms with Crippen LogP contribution in [0.3, 0.4) is 0 Å². The van der Waals surface area contributed by atoms with Crippen molar-refractivity contribution in [2.75, 3.05) is 4.90 Å². The molecule has 0 saturated carbocycles. The number of anilines is 3. The average Bonchev–Trinajstić information content (AvgIpc) is 2.99. The van der Waals surface area contributed by atoms with Crippen LogP contribution < -0.4 is 4.90 Å². The predicted molar refractivity (Wildman–Crippen MR) is 155 cm³/mol. The molecular weight excluding hydrogens is 448 g/mol. The molecule has 6 aromatic rings. The second kappa shape index (κ2) is 10.3. The first-order valence-corrected chi connectivity index (χ1v) is 12.5. The Balaban J connectivity index is 1.43. The minimum absolute atomic E-state index is 0.956. The number of hydrogen-bond donors (Lipinski definition) is 0. The fourth-order valence-corrected chi connectivity index (χ4v) is 4.62. The van der Waals surface area contributed by atoms with Crippen molar-refractivity contribution in [1.29, 1.82) is 0 Å². The van der Waals surface area contributed by atoms with E-state index in [1.807, 2.05) is 24.3 Å². The van der Waals surface area contributed by atoms with E-state index in [0.29, 0.717) is 0 Å². The maximum absolute atomic E-state index is 5.08. The van der Waals surface area contributed by atoms with Crippen LogP contribution in [0.25, 0.3) is 33.6 Å². The lowest BCUT2D eigenvalue weighted by molar-refractivity contribution is 1.28. The molecule has 0 fully saturated rings. The Kier molecular flexibility index (Phi) is 6.30. The van der Waals surface area contributed by atoms with E-state index in [-0.39, 0.29) is 0 Å². The molecule has 37 heavy (non-hydrogen) atoms. The highest BCUT2D eigenvalue weighted by Crippen LogP contribution is 2.36. The van der Waals surface area contributed by atoms with Crippen molar-refractivity contribution < 1.29 is 0 Å². The van der Waals surface area contributed by atoms with Gasteiger partial charge in [-0.25, -0.2) is 4.98 Å². The van der Waals surface area contributed by atoms with Crippen LogP contribution in [0.4, 0.5) is 17.1 Å². The summed E-state index contributed by atoms with van der Waals surface area (Å²) < 4.78 is 0. The van der Waals surface area contributed by atoms with Crippen LogP contribution in [-0.4, -0.2) is 4.98 Å². The van der Waals surface area contributed by atoms with Crippen LogP contribution in [0, 0.1) is 0 Å². The Morgan fingerprint density at radius 1 is 0.324 bits per heavy atom. The first kappa shape index (κ1) is 22.5. The molecule has 0 atom stereocenters. The van der Waals surface area contributed by atoms with E-state index < -0.39 is 0 Å². The maximum Gasteiger partial charge on any atom is 0.0715 e. The van der Waals surface area contributed by atoms with Crippen LogP contribution >= 0.6 is 0 Å². The van der Waals surface area contributed by atoms with Crippen LogP contribution in [0.1, 0.15) is 0 Å². The van der Waals surface area contributed by atoms with Crippen LogP contribution in [0.5, 0.6) is 0 Å². The lowest BCUT2D eigenvalue weighted by Gasteiger charge is -2.25. The fourth-order valence-electron chi connectivity index (χ4n) is 4.62. The molecule has 0 saturated heterocycles. The van der Waals surface area contributed by atoms with Gasteiger partial charge < -0.3 is 4.90 Å². The van der Waals surface area contributed by atoms with Crippen molar-refractivity contribution in [3.8, 4) is 33.6 Å². The zero-order valence-corrected chi connectivity index (χ0v) is 20.4. The maximum atomic E-state index is 5.08. The van der Waals surface area contributed by atoms with Gasteiger partial charge in [-0.1, -0.05) is 109 Å². The Bertz CT molecular complexity index is 1480. The highest BCUT2D eigenvalue weighted by Gasteiger charge is 2.13. The Hall–Kier alpha value is -4.95. The normalized spacial score (nSPS) is 10.7. The molecule has 0 aliphatic carbocycles. The van der Waals surface area contributed by atoms with Gasteiger partial charge in [0.05, 0.1) is 11.4 Å². The number of hydrogen-bond acceptors (Lipinski definition) is 2. The largest absolute Gasteiger partial charge is 0.311 e. The van der Waals surface area contributed by atoms with Gasteiger partial charge in [0, 0.05) is 28.2 Å². The van der Waals surface area contributed by atoms with Crippen molar-refractivity contribution >= 4 is 17.1 Å². The third-order valence-corrected chi connectivity index (χ3v) is 6.45. The number of para-hydroxylation sites is 2. The lowest BCUT2D eigenvalue weighted by Crippen LogP contribution is -2.09. The molecule has 2 nitrogen and oxygen atoms in total. The molecule has 0 aliphatic heterocycles. The van der Waals surface area contributed by atoms with Gasteiger partial charge in [-0.2, -0.15) is 0 Å². The van der Waals surface area contributed by atoms with Gasteiger partial charge in [0.1, 0.15) is 0 Å². The molecule has 176 valence electrons. The second-order valence-corrected chi connectivity index (χ2v) is 8.91. The van der Waals surface area contributed by atoms with Crippen molar-refractivity contribution in [3.63, 3.8) is 0 Å². The van der Waals surface area contributed by atoms with Gasteiger partial charge in [-0.15, -0.1) is 0 Å². The number of rotatable bonds is 6. The molecule has 0 spiro atoms. The van der Waals surface area contributed by atoms with Gasteiger partial charge in [-0.3, -0.25) is 0 Å². The summed E-state index contributed by atoms with van der Waals surface area (Å²) in [4.78, 5) is 7.35. The monoisotopic (exact) mass is 474 g/mol. The van der Waals surface area contributed by atoms with Crippen molar-refractivity contribution in [2.24, 2.45) is 0 Å². The van der Waals surface area contributed by atoms with Gasteiger partial charge in [0.25, 0.3) is 0 Å². The number of nitrogens with zero attached hydrogens (tertiary/aromatic N) is 2. The van der Waals surface area contributed by atoms with Gasteiger partial charge in [-0.05, 0) is 59.7 Å². The zero-order chi connectivity index (χ0) is 24.9. The molecule has 6 rings (SSSR count). The average molecular weight is 475 g/mol. The van der Waals surface area contributed by atoms with Gasteiger partial charge in [0.2, 0.25) is 0 Å². The molecule has 1 heterocycles. The fraction of sp³-hybridized carbons (Fsp3) is 0. The number of pyridine rings is 1. The highest BCUT2D eigenvalue weighted by molar-refractivity contribution is 5.80. The van der Waals surface area contributed by atoms with E-state index in [1.165, 1.54) is 5.56 Å². The summed E-state index contributed by atoms with van der Waals surface area (Å²) in [6.45, 7) is 0. The minimum atomic E-state index is 0.956. The molecule has 0 unspecified atom stereocenters. The Morgan fingerprint density at radius 3 is 1.19 bits per heavy atom. The van der Waals surface area contributed by atoms with E-state index in [0.717, 1.165) is 45.1 Å². The molecule has 0 amide bonds. The van der Waals surface area contributed by atoms with E-state index in [1.54, 1.807) is 0 Å². The minimum Gasteiger partial charge on any atom is -0.311 e. The molecule has 0 radical (unpaired) electrons. The molecular formula is C35H26N2. The van der Waals surface area contributed by atoms with E-state index in [9.17, 15) is 0 Å². The number of benzene rings is 5. The molecule has 1 aromatic heterocycles. The second-order valence-electron chi connectivity index (χ2n) is 8.91. The van der Waals surface area contributed by atoms with Crippen LogP contribution in [0.15, 0.2) is 158 Å². The van der Waals surface area contributed by atoms with Gasteiger partial charge in [0.15, 0.2) is 0 Å². The summed E-state index contributed by atoms with van der Waals surface area (Å²) in [6.07, 6.45) is 0. The SMILES string of the molecule is c1ccc(-c2cc(-c3ccccc3)nc(-c3ccc(N(c4ccccc4)c4ccccc4)cc3)c2)cc1. The Morgan fingerprint density at radius 2 is 0.703 bits per heavy atom. The predicted octanol–water partition coefficient (Wildman–Crippen LogP) is 9.55. The molecule has 5 aromatic carbocycles. The molecule has 2 heteroatoms. The molecule has 0 bridgehead atoms. The van der Waals surface area contributed by atoms with E-state index >= 15 is 0 Å². The first-order chi connectivity index (χ1) is 18.3. The molecule has 0 N–H and O–H groups in total. The zero-order valence-electron chi connectivity index (χ0n) is 20.4. The summed E-state index contributed by atoms with van der Waals surface area (Å²) in [5, 5.41) is 0. The van der Waals surface area contributed by atoms with Crippen molar-refractivity contribution in [1.82, 2.24) is 4.98 Å². The van der Waals surface area contributed by atoms with Crippen LogP contribution in [0.2, 0.25) is 0 Å². The summed E-state index contributed by atoms with van der Waals surface area (Å²) in [5.41, 5.74) is 9.80. The van der Waals surface area contributed by atoms with Gasteiger partial charge >= 0.3 is 0 Å². The smallest absolute Gasteiger partial charge is 0.0715 e. The number of aromatic nitrogens is 1. The summed E-state index contributed by atoms with van der Waals surface area (Å²) >= 11 is 0. The van der Waals surface area contributed by atoms with E-state index in [4.69, 9.17) is 4.98 Å². The summed E-state index contributed by atoms with van der Waals surface area (Å²) in [6, 6.07) is 54.9. The van der Waals surface area contributed by atoms with E-state index in [2.05, 4.69) is 138 Å². The lowest BCUT2D eigenvalue weighted by atomic mass is 10.00. The first-order valence-electron chi connectivity index (χ1n) is 12.5. The summed E-state index contributed by atoms with van der Waals surface area (Å²) in [7, 11) is 0. The topological polar surface area (TPSA) is 16.1 Å². The van der Waals surface area contributed by atoms with Crippen molar-refractivity contribution in [3.05, 3.63) is 158 Å². The third-order valence-electron chi connectivity index (χ3n) is 6.45. The highest BCUT2D eigenvalue weighted by atomic mass is 15.1. The quantitative estimate of drug-likeness (QED) is 0.239. The Labute approximate surface area is 218 Å². The third kappa shape index (κ3) is 4.91. The molecule has 0 aliphatic rings. The summed E-state index contributed by atoms with van der Waals surface area (Å²) in [5.74, 6) is 0. The van der Waals surface area contributed by atoms with Crippen LogP contribution in [-0.2, 0) is 0 Å². The van der Waals surface area contributed by atoms with Crippen molar-refractivity contribution in [2.45, 2.75) is 0 Å².